The molecule has 5 nitrogen and oxygen atoms in total. The van der Waals surface area contributed by atoms with Crippen LogP contribution in [-0.2, 0) is 4.74 Å². The van der Waals surface area contributed by atoms with Gasteiger partial charge in [0.15, 0.2) is 0 Å². The molecule has 5 rings (SSSR count). The number of benzene rings is 3. The Morgan fingerprint density at radius 1 is 1.00 bits per heavy atom. The molecule has 1 aliphatic carbocycles. The van der Waals surface area contributed by atoms with Crippen LogP contribution in [-0.4, -0.2) is 28.8 Å². The fourth-order valence-corrected chi connectivity index (χ4v) is 4.82. The average Bonchev–Trinajstić information content (AvgIpc) is 3.43. The Hall–Kier alpha value is -3.67. The number of carbonyl (C=O) groups is 1. The van der Waals surface area contributed by atoms with Gasteiger partial charge >= 0.3 is 5.97 Å². The van der Waals surface area contributed by atoms with Crippen molar-refractivity contribution in [3.8, 4) is 5.75 Å². The van der Waals surface area contributed by atoms with Gasteiger partial charge in [-0.25, -0.2) is 9.78 Å². The predicted octanol–water partition coefficient (Wildman–Crippen LogP) is 7.84. The molecule has 1 atom stereocenters. The second-order valence-corrected chi connectivity index (χ2v) is 9.66. The van der Waals surface area contributed by atoms with Crippen molar-refractivity contribution in [2.24, 2.45) is 0 Å². The normalized spacial score (nSPS) is 14.8. The second kappa shape index (κ2) is 11.6. The van der Waals surface area contributed by atoms with Gasteiger partial charge in [0.05, 0.1) is 17.3 Å². The molecule has 1 heterocycles. The van der Waals surface area contributed by atoms with Gasteiger partial charge in [0.2, 0.25) is 0 Å². The number of hydrogen-bond donors (Lipinski definition) is 1. The standard InChI is InChI=1S/C31H28ClNO4/c32-24-15-13-22-14-17-25(33-28(22)19-24)16-12-21-6-5-7-23(18-21)30(37-26-8-1-2-9-26)20-36-29-11-4-3-10-27(29)31(34)35/h3-7,10-19,26,30H,1-2,8-9,20H2,(H,34,35)/b16-12+. The van der Waals surface area contributed by atoms with E-state index in [0.717, 1.165) is 53.4 Å². The molecule has 188 valence electrons. The van der Waals surface area contributed by atoms with Crippen molar-refractivity contribution < 1.29 is 19.4 Å². The molecule has 1 unspecified atom stereocenters. The maximum absolute atomic E-state index is 11.6. The highest BCUT2D eigenvalue weighted by Crippen LogP contribution is 2.30. The van der Waals surface area contributed by atoms with Gasteiger partial charge in [0.1, 0.15) is 24.0 Å². The SMILES string of the molecule is O=C(O)c1ccccc1OCC(OC1CCCC1)c1cccc(/C=C/c2ccc3ccc(Cl)cc3n2)c1. The minimum absolute atomic E-state index is 0.142. The van der Waals surface area contributed by atoms with Crippen LogP contribution in [0.2, 0.25) is 5.02 Å². The molecule has 0 saturated heterocycles. The predicted molar refractivity (Wildman–Crippen MR) is 147 cm³/mol. The summed E-state index contributed by atoms with van der Waals surface area (Å²) in [4.78, 5) is 16.3. The first-order chi connectivity index (χ1) is 18.0. The Morgan fingerprint density at radius 3 is 2.65 bits per heavy atom. The zero-order chi connectivity index (χ0) is 25.6. The summed E-state index contributed by atoms with van der Waals surface area (Å²) < 4.78 is 12.5. The van der Waals surface area contributed by atoms with Gasteiger partial charge in [-0.3, -0.25) is 0 Å². The van der Waals surface area contributed by atoms with Crippen LogP contribution in [0.1, 0.15) is 59.0 Å². The highest BCUT2D eigenvalue weighted by atomic mass is 35.5. The van der Waals surface area contributed by atoms with Gasteiger partial charge in [-0.2, -0.15) is 0 Å². The highest BCUT2D eigenvalue weighted by molar-refractivity contribution is 6.31. The van der Waals surface area contributed by atoms with Crippen LogP contribution >= 0.6 is 11.6 Å². The number of pyridine rings is 1. The molecular weight excluding hydrogens is 486 g/mol. The van der Waals surface area contributed by atoms with Gasteiger partial charge in [-0.15, -0.1) is 0 Å². The minimum atomic E-state index is -1.01. The first-order valence-electron chi connectivity index (χ1n) is 12.5. The van der Waals surface area contributed by atoms with Crippen molar-refractivity contribution in [2.75, 3.05) is 6.61 Å². The fraction of sp³-hybridized carbons (Fsp3) is 0.226. The molecule has 0 aliphatic heterocycles. The number of nitrogens with zero attached hydrogens (tertiary/aromatic N) is 1. The lowest BCUT2D eigenvalue weighted by Crippen LogP contribution is -2.20. The molecule has 1 saturated carbocycles. The third kappa shape index (κ3) is 6.37. The minimum Gasteiger partial charge on any atom is -0.490 e. The van der Waals surface area contributed by atoms with E-state index in [1.54, 1.807) is 24.3 Å². The molecule has 1 fully saturated rings. The van der Waals surface area contributed by atoms with Crippen LogP contribution in [0, 0.1) is 0 Å². The summed E-state index contributed by atoms with van der Waals surface area (Å²) in [6.45, 7) is 0.223. The second-order valence-electron chi connectivity index (χ2n) is 9.22. The van der Waals surface area contributed by atoms with Gasteiger partial charge in [0, 0.05) is 10.4 Å². The largest absolute Gasteiger partial charge is 0.490 e. The highest BCUT2D eigenvalue weighted by Gasteiger charge is 2.23. The quantitative estimate of drug-likeness (QED) is 0.247. The molecule has 1 aliphatic rings. The van der Waals surface area contributed by atoms with E-state index >= 15 is 0 Å². The van der Waals surface area contributed by atoms with Crippen molar-refractivity contribution in [2.45, 2.75) is 37.9 Å². The van der Waals surface area contributed by atoms with E-state index < -0.39 is 5.97 Å². The van der Waals surface area contributed by atoms with Gasteiger partial charge in [-0.05, 0) is 66.4 Å². The van der Waals surface area contributed by atoms with Gasteiger partial charge in [0.25, 0.3) is 0 Å². The summed E-state index contributed by atoms with van der Waals surface area (Å²) >= 11 is 6.13. The summed E-state index contributed by atoms with van der Waals surface area (Å²) in [5, 5.41) is 11.2. The van der Waals surface area contributed by atoms with E-state index in [2.05, 4.69) is 6.07 Å². The lowest BCUT2D eigenvalue weighted by molar-refractivity contribution is -0.0324. The molecular formula is C31H28ClNO4. The summed E-state index contributed by atoms with van der Waals surface area (Å²) in [6.07, 6.45) is 8.23. The first kappa shape index (κ1) is 25.0. The zero-order valence-electron chi connectivity index (χ0n) is 20.3. The third-order valence-corrected chi connectivity index (χ3v) is 6.81. The Labute approximate surface area is 221 Å². The third-order valence-electron chi connectivity index (χ3n) is 6.57. The number of para-hydroxylation sites is 1. The van der Waals surface area contributed by atoms with Gasteiger partial charge in [-0.1, -0.05) is 73.0 Å². The summed E-state index contributed by atoms with van der Waals surface area (Å²) in [5.41, 5.74) is 3.83. The lowest BCUT2D eigenvalue weighted by atomic mass is 10.0. The molecule has 4 aromatic rings. The molecule has 0 spiro atoms. The van der Waals surface area contributed by atoms with Crippen molar-refractivity contribution >= 4 is 40.6 Å². The van der Waals surface area contributed by atoms with Crippen LogP contribution in [0.4, 0.5) is 0 Å². The van der Waals surface area contributed by atoms with Crippen molar-refractivity contribution in [3.05, 3.63) is 106 Å². The maximum atomic E-state index is 11.6. The van der Waals surface area contributed by atoms with Crippen molar-refractivity contribution in [1.82, 2.24) is 4.98 Å². The molecule has 37 heavy (non-hydrogen) atoms. The smallest absolute Gasteiger partial charge is 0.339 e. The monoisotopic (exact) mass is 513 g/mol. The number of carboxylic acid groups (broad SMARTS) is 1. The number of carboxylic acids is 1. The van der Waals surface area contributed by atoms with Crippen molar-refractivity contribution in [3.63, 3.8) is 0 Å². The maximum Gasteiger partial charge on any atom is 0.339 e. The number of aromatic nitrogens is 1. The molecule has 6 heteroatoms. The molecule has 0 bridgehead atoms. The van der Waals surface area contributed by atoms with E-state index in [1.165, 1.54) is 0 Å². The molecule has 0 amide bonds. The van der Waals surface area contributed by atoms with Crippen LogP contribution < -0.4 is 4.74 Å². The zero-order valence-corrected chi connectivity index (χ0v) is 21.1. The van der Waals surface area contributed by atoms with Crippen LogP contribution in [0.5, 0.6) is 5.75 Å². The summed E-state index contributed by atoms with van der Waals surface area (Å²) in [7, 11) is 0. The Balaban J connectivity index is 1.36. The van der Waals surface area contributed by atoms with E-state index in [0.29, 0.717) is 10.8 Å². The Kier molecular flexibility index (Phi) is 7.83. The molecule has 1 aromatic heterocycles. The topological polar surface area (TPSA) is 68.7 Å². The van der Waals surface area contributed by atoms with Gasteiger partial charge < -0.3 is 14.6 Å². The Bertz CT molecular complexity index is 1430. The van der Waals surface area contributed by atoms with Crippen molar-refractivity contribution in [1.29, 1.82) is 0 Å². The van der Waals surface area contributed by atoms with Crippen LogP contribution in [0.25, 0.3) is 23.1 Å². The number of aromatic carboxylic acids is 1. The molecule has 1 N–H and O–H groups in total. The summed E-state index contributed by atoms with van der Waals surface area (Å²) in [5.74, 6) is -0.672. The van der Waals surface area contributed by atoms with Crippen LogP contribution in [0.3, 0.4) is 0 Å². The van der Waals surface area contributed by atoms with E-state index in [4.69, 9.17) is 26.1 Å². The number of halogens is 1. The van der Waals surface area contributed by atoms with E-state index in [-0.39, 0.29) is 24.4 Å². The number of hydrogen-bond acceptors (Lipinski definition) is 4. The van der Waals surface area contributed by atoms with E-state index in [1.807, 2.05) is 60.7 Å². The number of rotatable bonds is 9. The average molecular weight is 514 g/mol. The fourth-order valence-electron chi connectivity index (χ4n) is 4.65. The van der Waals surface area contributed by atoms with E-state index in [9.17, 15) is 9.90 Å². The Morgan fingerprint density at radius 2 is 1.81 bits per heavy atom. The van der Waals surface area contributed by atoms with Crippen LogP contribution in [0.15, 0.2) is 78.9 Å². The number of fused-ring (bicyclic) bond motifs is 1. The lowest BCUT2D eigenvalue weighted by Gasteiger charge is -2.23. The number of ether oxygens (including phenoxy) is 2. The molecule has 3 aromatic carbocycles. The summed E-state index contributed by atoms with van der Waals surface area (Å²) in [6, 6.07) is 24.5. The molecule has 0 radical (unpaired) electrons. The first-order valence-corrected chi connectivity index (χ1v) is 12.9.